The number of nitrogens with one attached hydrogen (secondary N) is 1. The van der Waals surface area contributed by atoms with E-state index in [4.69, 9.17) is 0 Å². The first-order valence-corrected chi connectivity index (χ1v) is 6.59. The molecule has 0 spiro atoms. The van der Waals surface area contributed by atoms with Crippen molar-refractivity contribution in [3.05, 3.63) is 41.1 Å². The van der Waals surface area contributed by atoms with Crippen LogP contribution in [0.25, 0.3) is 11.4 Å². The normalized spacial score (nSPS) is 11.5. The SMILES string of the molecule is CCc1c(C)nc(-c2cccc(C(F)(F)F)c2)nc1NC. The molecule has 0 unspecified atom stereocenters. The maximum atomic E-state index is 12.8. The summed E-state index contributed by atoms with van der Waals surface area (Å²) in [5.41, 5.74) is 1.39. The van der Waals surface area contributed by atoms with Crippen LogP contribution < -0.4 is 5.32 Å². The second-order valence-corrected chi connectivity index (χ2v) is 4.64. The highest BCUT2D eigenvalue weighted by atomic mass is 19.4. The van der Waals surface area contributed by atoms with E-state index in [2.05, 4.69) is 15.3 Å². The van der Waals surface area contributed by atoms with Crippen LogP contribution in [0.5, 0.6) is 0 Å². The first-order chi connectivity index (χ1) is 9.86. The van der Waals surface area contributed by atoms with Crippen molar-refractivity contribution in [2.45, 2.75) is 26.4 Å². The van der Waals surface area contributed by atoms with E-state index < -0.39 is 11.7 Å². The third kappa shape index (κ3) is 3.15. The number of aryl methyl sites for hydroxylation is 1. The minimum Gasteiger partial charge on any atom is -0.373 e. The predicted molar refractivity (Wildman–Crippen MR) is 76.1 cm³/mol. The molecule has 0 aliphatic heterocycles. The van der Waals surface area contributed by atoms with Crippen molar-refractivity contribution in [3.63, 3.8) is 0 Å². The minimum atomic E-state index is -4.37. The van der Waals surface area contributed by atoms with Crippen LogP contribution in [0.1, 0.15) is 23.7 Å². The van der Waals surface area contributed by atoms with E-state index in [1.54, 1.807) is 13.1 Å². The van der Waals surface area contributed by atoms with Crippen molar-refractivity contribution >= 4 is 5.82 Å². The molecule has 0 bridgehead atoms. The lowest BCUT2D eigenvalue weighted by Crippen LogP contribution is -2.07. The Kier molecular flexibility index (Phi) is 4.16. The summed E-state index contributed by atoms with van der Waals surface area (Å²) >= 11 is 0. The molecule has 1 N–H and O–H groups in total. The van der Waals surface area contributed by atoms with Gasteiger partial charge >= 0.3 is 6.18 Å². The summed E-state index contributed by atoms with van der Waals surface area (Å²) in [7, 11) is 1.73. The maximum absolute atomic E-state index is 12.8. The van der Waals surface area contributed by atoms with Gasteiger partial charge in [0.15, 0.2) is 5.82 Å². The van der Waals surface area contributed by atoms with Gasteiger partial charge in [0.2, 0.25) is 0 Å². The largest absolute Gasteiger partial charge is 0.416 e. The molecule has 1 aromatic carbocycles. The Morgan fingerprint density at radius 3 is 2.48 bits per heavy atom. The number of benzene rings is 1. The van der Waals surface area contributed by atoms with Crippen molar-refractivity contribution in [1.82, 2.24) is 9.97 Å². The fourth-order valence-corrected chi connectivity index (χ4v) is 2.19. The van der Waals surface area contributed by atoms with Crippen LogP contribution in [-0.2, 0) is 12.6 Å². The molecule has 21 heavy (non-hydrogen) atoms. The van der Waals surface area contributed by atoms with Gasteiger partial charge in [0.1, 0.15) is 5.82 Å². The lowest BCUT2D eigenvalue weighted by molar-refractivity contribution is -0.137. The van der Waals surface area contributed by atoms with Gasteiger partial charge in [0.05, 0.1) is 5.56 Å². The number of nitrogens with zero attached hydrogens (tertiary/aromatic N) is 2. The molecule has 1 aromatic heterocycles. The van der Waals surface area contributed by atoms with Gasteiger partial charge in [-0.15, -0.1) is 0 Å². The average Bonchev–Trinajstić information content (AvgIpc) is 2.45. The van der Waals surface area contributed by atoms with Gasteiger partial charge in [-0.2, -0.15) is 13.2 Å². The third-order valence-electron chi connectivity index (χ3n) is 3.25. The van der Waals surface area contributed by atoms with E-state index in [0.29, 0.717) is 17.2 Å². The minimum absolute atomic E-state index is 0.292. The Morgan fingerprint density at radius 2 is 1.90 bits per heavy atom. The van der Waals surface area contributed by atoms with E-state index in [-0.39, 0.29) is 0 Å². The van der Waals surface area contributed by atoms with Crippen molar-refractivity contribution in [1.29, 1.82) is 0 Å². The molecule has 2 rings (SSSR count). The molecule has 2 aromatic rings. The highest BCUT2D eigenvalue weighted by molar-refractivity contribution is 5.60. The van der Waals surface area contributed by atoms with Crippen LogP contribution in [0.3, 0.4) is 0 Å². The van der Waals surface area contributed by atoms with Gasteiger partial charge in [0.25, 0.3) is 0 Å². The molecule has 3 nitrogen and oxygen atoms in total. The number of anilines is 1. The van der Waals surface area contributed by atoms with Gasteiger partial charge in [0, 0.05) is 23.9 Å². The summed E-state index contributed by atoms with van der Waals surface area (Å²) in [6.45, 7) is 3.81. The Morgan fingerprint density at radius 1 is 1.19 bits per heavy atom. The standard InChI is InChI=1S/C15H16F3N3/c1-4-12-9(2)20-13(21-14(12)19-3)10-6-5-7-11(8-10)15(16,17)18/h5-8H,4H2,1-3H3,(H,19,20,21). The summed E-state index contributed by atoms with van der Waals surface area (Å²) in [5.74, 6) is 0.942. The van der Waals surface area contributed by atoms with Gasteiger partial charge in [-0.3, -0.25) is 0 Å². The molecule has 1 heterocycles. The highest BCUT2D eigenvalue weighted by Crippen LogP contribution is 2.32. The van der Waals surface area contributed by atoms with Crippen molar-refractivity contribution in [2.75, 3.05) is 12.4 Å². The van der Waals surface area contributed by atoms with E-state index in [9.17, 15) is 13.2 Å². The molecular weight excluding hydrogens is 279 g/mol. The first-order valence-electron chi connectivity index (χ1n) is 6.59. The Bertz CT molecular complexity index is 651. The lowest BCUT2D eigenvalue weighted by atomic mass is 10.1. The topological polar surface area (TPSA) is 37.8 Å². The Labute approximate surface area is 121 Å². The molecule has 0 fully saturated rings. The molecule has 0 saturated heterocycles. The monoisotopic (exact) mass is 295 g/mol. The molecule has 112 valence electrons. The van der Waals surface area contributed by atoms with Gasteiger partial charge in [-0.05, 0) is 25.5 Å². The zero-order valence-electron chi connectivity index (χ0n) is 12.0. The van der Waals surface area contributed by atoms with Crippen LogP contribution in [0.4, 0.5) is 19.0 Å². The van der Waals surface area contributed by atoms with Gasteiger partial charge in [-0.25, -0.2) is 9.97 Å². The van der Waals surface area contributed by atoms with Crippen LogP contribution >= 0.6 is 0 Å². The number of hydrogen-bond acceptors (Lipinski definition) is 3. The second-order valence-electron chi connectivity index (χ2n) is 4.64. The number of alkyl halides is 3. The summed E-state index contributed by atoms with van der Waals surface area (Å²) in [6.07, 6.45) is -3.62. The number of rotatable bonds is 3. The number of halogens is 3. The third-order valence-corrected chi connectivity index (χ3v) is 3.25. The Balaban J connectivity index is 2.55. The quantitative estimate of drug-likeness (QED) is 0.927. The molecular formula is C15H16F3N3. The van der Waals surface area contributed by atoms with Gasteiger partial charge in [-0.1, -0.05) is 19.1 Å². The van der Waals surface area contributed by atoms with Crippen molar-refractivity contribution in [2.24, 2.45) is 0 Å². The molecule has 0 radical (unpaired) electrons. The van der Waals surface area contributed by atoms with Crippen LogP contribution in [0.15, 0.2) is 24.3 Å². The summed E-state index contributed by atoms with van der Waals surface area (Å²) in [4.78, 5) is 8.65. The average molecular weight is 295 g/mol. The van der Waals surface area contributed by atoms with E-state index >= 15 is 0 Å². The number of aromatic nitrogens is 2. The zero-order chi connectivity index (χ0) is 15.6. The molecule has 0 aliphatic carbocycles. The fraction of sp³-hybridized carbons (Fsp3) is 0.333. The fourth-order valence-electron chi connectivity index (χ4n) is 2.19. The first kappa shape index (κ1) is 15.3. The summed E-state index contributed by atoms with van der Waals surface area (Å²) in [5, 5.41) is 2.97. The van der Waals surface area contributed by atoms with Crippen LogP contribution in [0, 0.1) is 6.92 Å². The van der Waals surface area contributed by atoms with E-state index in [1.165, 1.54) is 6.07 Å². The van der Waals surface area contributed by atoms with Gasteiger partial charge < -0.3 is 5.32 Å². The Hall–Kier alpha value is -2.11. The van der Waals surface area contributed by atoms with E-state index in [1.807, 2.05) is 13.8 Å². The molecule has 6 heteroatoms. The molecule has 0 atom stereocenters. The summed E-state index contributed by atoms with van der Waals surface area (Å²) < 4.78 is 38.3. The smallest absolute Gasteiger partial charge is 0.373 e. The zero-order valence-corrected chi connectivity index (χ0v) is 12.0. The van der Waals surface area contributed by atoms with Crippen LogP contribution in [0.2, 0.25) is 0 Å². The molecule has 0 aliphatic rings. The number of hydrogen-bond donors (Lipinski definition) is 1. The predicted octanol–water partition coefficient (Wildman–Crippen LogP) is 4.07. The summed E-state index contributed by atoms with van der Waals surface area (Å²) in [6, 6.07) is 5.05. The second kappa shape index (κ2) is 5.71. The van der Waals surface area contributed by atoms with E-state index in [0.717, 1.165) is 29.8 Å². The molecule has 0 saturated carbocycles. The highest BCUT2D eigenvalue weighted by Gasteiger charge is 2.30. The van der Waals surface area contributed by atoms with Crippen LogP contribution in [-0.4, -0.2) is 17.0 Å². The lowest BCUT2D eigenvalue weighted by Gasteiger charge is -2.12. The molecule has 0 amide bonds. The maximum Gasteiger partial charge on any atom is 0.416 e. The van der Waals surface area contributed by atoms with Crippen molar-refractivity contribution in [3.8, 4) is 11.4 Å². The van der Waals surface area contributed by atoms with Crippen molar-refractivity contribution < 1.29 is 13.2 Å².